The smallest absolute Gasteiger partial charge is 0.123 e. The predicted octanol–water partition coefficient (Wildman–Crippen LogP) is 3.58. The van der Waals surface area contributed by atoms with Crippen molar-refractivity contribution in [3.63, 3.8) is 0 Å². The Morgan fingerprint density at radius 1 is 0.944 bits per heavy atom. The van der Waals surface area contributed by atoms with Crippen LogP contribution in [0.3, 0.4) is 0 Å². The summed E-state index contributed by atoms with van der Waals surface area (Å²) in [5.41, 5.74) is 2.42. The van der Waals surface area contributed by atoms with E-state index in [1.807, 2.05) is 19.1 Å². The molecule has 0 heterocycles. The minimum absolute atomic E-state index is 0.213. The lowest BCUT2D eigenvalue weighted by Gasteiger charge is -2.18. The average molecular weight is 247 g/mol. The molecular formula is C15H15F2N. The molecular weight excluding hydrogens is 232 g/mol. The van der Waals surface area contributed by atoms with E-state index in [0.717, 1.165) is 16.7 Å². The molecule has 1 nitrogen and oxygen atoms in total. The van der Waals surface area contributed by atoms with Crippen molar-refractivity contribution in [3.05, 3.63) is 70.8 Å². The molecule has 0 spiro atoms. The van der Waals surface area contributed by atoms with E-state index in [-0.39, 0.29) is 17.7 Å². The maximum absolute atomic E-state index is 13.4. The number of nitrogens with one attached hydrogen (secondary N) is 1. The quantitative estimate of drug-likeness (QED) is 0.874. The largest absolute Gasteiger partial charge is 0.309 e. The number of aryl methyl sites for hydroxylation is 1. The van der Waals surface area contributed by atoms with Crippen molar-refractivity contribution in [3.8, 4) is 0 Å². The molecule has 0 aliphatic carbocycles. The second-order valence-corrected chi connectivity index (χ2v) is 4.34. The summed E-state index contributed by atoms with van der Waals surface area (Å²) >= 11 is 0. The van der Waals surface area contributed by atoms with Crippen LogP contribution in [0.2, 0.25) is 0 Å². The molecule has 1 unspecified atom stereocenters. The Balaban J connectivity index is 2.45. The molecule has 3 heteroatoms. The summed E-state index contributed by atoms with van der Waals surface area (Å²) in [5.74, 6) is -0.567. The lowest BCUT2D eigenvalue weighted by atomic mass is 9.97. The first-order valence-electron chi connectivity index (χ1n) is 5.80. The normalized spacial score (nSPS) is 12.4. The molecule has 2 aromatic carbocycles. The minimum atomic E-state index is -0.291. The number of benzene rings is 2. The van der Waals surface area contributed by atoms with Crippen molar-refractivity contribution in [2.75, 3.05) is 7.05 Å². The zero-order valence-electron chi connectivity index (χ0n) is 10.4. The molecule has 0 bridgehead atoms. The molecule has 0 saturated heterocycles. The first-order chi connectivity index (χ1) is 8.60. The van der Waals surface area contributed by atoms with Gasteiger partial charge in [-0.1, -0.05) is 18.2 Å². The van der Waals surface area contributed by atoms with E-state index in [4.69, 9.17) is 0 Å². The third kappa shape index (κ3) is 2.74. The molecule has 94 valence electrons. The molecule has 18 heavy (non-hydrogen) atoms. The minimum Gasteiger partial charge on any atom is -0.309 e. The van der Waals surface area contributed by atoms with Gasteiger partial charge in [-0.2, -0.15) is 0 Å². The fraction of sp³-hybridized carbons (Fsp3) is 0.200. The van der Waals surface area contributed by atoms with Crippen LogP contribution in [0.4, 0.5) is 8.78 Å². The highest BCUT2D eigenvalue weighted by molar-refractivity contribution is 5.34. The molecule has 1 atom stereocenters. The highest BCUT2D eigenvalue weighted by atomic mass is 19.1. The van der Waals surface area contributed by atoms with Gasteiger partial charge in [0.1, 0.15) is 11.6 Å². The van der Waals surface area contributed by atoms with Crippen LogP contribution in [0.1, 0.15) is 22.7 Å². The van der Waals surface area contributed by atoms with Gasteiger partial charge in [0.15, 0.2) is 0 Å². The SMILES string of the molecule is CNC(c1cccc(F)c1)c1cc(C)cc(F)c1. The standard InChI is InChI=1S/C15H15F2N/c1-10-6-12(9-14(17)7-10)15(18-2)11-4-3-5-13(16)8-11/h3-9,15,18H,1-2H3. The molecule has 0 saturated carbocycles. The molecule has 1 N–H and O–H groups in total. The number of rotatable bonds is 3. The fourth-order valence-corrected chi connectivity index (χ4v) is 2.14. The van der Waals surface area contributed by atoms with Gasteiger partial charge in [0, 0.05) is 0 Å². The summed E-state index contributed by atoms with van der Waals surface area (Å²) in [7, 11) is 1.77. The van der Waals surface area contributed by atoms with Gasteiger partial charge in [-0.25, -0.2) is 8.78 Å². The highest BCUT2D eigenvalue weighted by Gasteiger charge is 2.13. The van der Waals surface area contributed by atoms with Crippen molar-refractivity contribution in [2.45, 2.75) is 13.0 Å². The highest BCUT2D eigenvalue weighted by Crippen LogP contribution is 2.24. The van der Waals surface area contributed by atoms with Gasteiger partial charge in [0.2, 0.25) is 0 Å². The summed E-state index contributed by atoms with van der Waals surface area (Å²) in [6, 6.07) is 11.0. The lowest BCUT2D eigenvalue weighted by Crippen LogP contribution is -2.18. The molecule has 0 radical (unpaired) electrons. The maximum atomic E-state index is 13.4. The van der Waals surface area contributed by atoms with Gasteiger partial charge >= 0.3 is 0 Å². The van der Waals surface area contributed by atoms with Gasteiger partial charge in [-0.3, -0.25) is 0 Å². The van der Waals surface area contributed by atoms with Crippen LogP contribution < -0.4 is 5.32 Å². The predicted molar refractivity (Wildman–Crippen MR) is 68.4 cm³/mol. The molecule has 0 fully saturated rings. The van der Waals surface area contributed by atoms with Crippen LogP contribution in [0.25, 0.3) is 0 Å². The van der Waals surface area contributed by atoms with E-state index >= 15 is 0 Å². The van der Waals surface area contributed by atoms with Gasteiger partial charge in [-0.15, -0.1) is 0 Å². The van der Waals surface area contributed by atoms with Gasteiger partial charge in [0.25, 0.3) is 0 Å². The summed E-state index contributed by atoms with van der Waals surface area (Å²) in [4.78, 5) is 0. The van der Waals surface area contributed by atoms with Crippen LogP contribution in [0.5, 0.6) is 0 Å². The van der Waals surface area contributed by atoms with Crippen molar-refractivity contribution >= 4 is 0 Å². The van der Waals surface area contributed by atoms with E-state index in [9.17, 15) is 8.78 Å². The second-order valence-electron chi connectivity index (χ2n) is 4.34. The van der Waals surface area contributed by atoms with Crippen molar-refractivity contribution in [1.82, 2.24) is 5.32 Å². The lowest BCUT2D eigenvalue weighted by molar-refractivity contribution is 0.607. The Morgan fingerprint density at radius 3 is 2.28 bits per heavy atom. The Labute approximate surface area is 105 Å². The Kier molecular flexibility index (Phi) is 3.72. The first kappa shape index (κ1) is 12.7. The van der Waals surface area contributed by atoms with Crippen LogP contribution in [0, 0.1) is 18.6 Å². The van der Waals surface area contributed by atoms with Crippen LogP contribution in [-0.2, 0) is 0 Å². The van der Waals surface area contributed by atoms with Crippen molar-refractivity contribution in [1.29, 1.82) is 0 Å². The maximum Gasteiger partial charge on any atom is 0.123 e. The first-order valence-corrected chi connectivity index (χ1v) is 5.80. The Bertz CT molecular complexity index is 532. The number of halogens is 2. The summed E-state index contributed by atoms with van der Waals surface area (Å²) < 4.78 is 26.7. The van der Waals surface area contributed by atoms with Gasteiger partial charge < -0.3 is 5.32 Å². The topological polar surface area (TPSA) is 12.0 Å². The van der Waals surface area contributed by atoms with Gasteiger partial charge in [0.05, 0.1) is 6.04 Å². The second kappa shape index (κ2) is 5.27. The number of hydrogen-bond donors (Lipinski definition) is 1. The van der Waals surface area contributed by atoms with E-state index in [1.165, 1.54) is 24.3 Å². The third-order valence-electron chi connectivity index (χ3n) is 2.87. The Morgan fingerprint density at radius 2 is 1.67 bits per heavy atom. The monoisotopic (exact) mass is 247 g/mol. The average Bonchev–Trinajstić information content (AvgIpc) is 2.28. The van der Waals surface area contributed by atoms with E-state index in [0.29, 0.717) is 0 Å². The molecule has 0 aromatic heterocycles. The molecule has 0 aliphatic rings. The van der Waals surface area contributed by atoms with Crippen LogP contribution in [0.15, 0.2) is 42.5 Å². The van der Waals surface area contributed by atoms with Gasteiger partial charge in [-0.05, 0) is 54.9 Å². The van der Waals surface area contributed by atoms with E-state index in [1.54, 1.807) is 13.1 Å². The van der Waals surface area contributed by atoms with Crippen LogP contribution >= 0.6 is 0 Å². The molecule has 2 aromatic rings. The fourth-order valence-electron chi connectivity index (χ4n) is 2.14. The van der Waals surface area contributed by atoms with Crippen molar-refractivity contribution in [2.24, 2.45) is 0 Å². The number of hydrogen-bond acceptors (Lipinski definition) is 1. The van der Waals surface area contributed by atoms with E-state index in [2.05, 4.69) is 5.32 Å². The third-order valence-corrected chi connectivity index (χ3v) is 2.87. The van der Waals surface area contributed by atoms with Crippen molar-refractivity contribution < 1.29 is 8.78 Å². The summed E-state index contributed by atoms with van der Waals surface area (Å²) in [5, 5.41) is 3.08. The zero-order chi connectivity index (χ0) is 13.1. The molecule has 0 amide bonds. The van der Waals surface area contributed by atoms with Crippen LogP contribution in [-0.4, -0.2) is 7.05 Å². The molecule has 0 aliphatic heterocycles. The molecule has 2 rings (SSSR count). The summed E-state index contributed by atoms with van der Waals surface area (Å²) in [6.45, 7) is 1.84. The Hall–Kier alpha value is -1.74. The summed E-state index contributed by atoms with van der Waals surface area (Å²) in [6.07, 6.45) is 0. The zero-order valence-corrected chi connectivity index (χ0v) is 10.4. The van der Waals surface area contributed by atoms with E-state index < -0.39 is 0 Å².